The van der Waals surface area contributed by atoms with Crippen LogP contribution in [-0.4, -0.2) is 18.4 Å². The molecule has 0 saturated heterocycles. The van der Waals surface area contributed by atoms with E-state index in [-0.39, 0.29) is 18.2 Å². The van der Waals surface area contributed by atoms with Crippen molar-refractivity contribution >= 4 is 17.5 Å². The van der Waals surface area contributed by atoms with E-state index in [1.54, 1.807) is 4.90 Å². The predicted molar refractivity (Wildman–Crippen MR) is 101 cm³/mol. The Morgan fingerprint density at radius 1 is 1.00 bits per heavy atom. The van der Waals surface area contributed by atoms with Crippen molar-refractivity contribution in [3.8, 4) is 0 Å². The monoisotopic (exact) mass is 338 g/mol. The highest BCUT2D eigenvalue weighted by Crippen LogP contribution is 2.21. The molecule has 0 fully saturated rings. The zero-order valence-corrected chi connectivity index (χ0v) is 15.2. The smallest absolute Gasteiger partial charge is 0.223 e. The van der Waals surface area contributed by atoms with Gasteiger partial charge in [-0.3, -0.25) is 9.59 Å². The van der Waals surface area contributed by atoms with Gasteiger partial charge in [-0.25, -0.2) is 0 Å². The van der Waals surface area contributed by atoms with Crippen LogP contribution >= 0.6 is 0 Å². The first kappa shape index (κ1) is 18.7. The van der Waals surface area contributed by atoms with Crippen LogP contribution in [0, 0.1) is 6.92 Å². The summed E-state index contributed by atoms with van der Waals surface area (Å²) in [5.41, 5.74) is 4.27. The molecule has 0 heterocycles. The molecular formula is C21H26N2O2. The van der Waals surface area contributed by atoms with Crippen molar-refractivity contribution in [1.82, 2.24) is 5.32 Å². The van der Waals surface area contributed by atoms with E-state index in [0.717, 1.165) is 28.8 Å². The van der Waals surface area contributed by atoms with Crippen LogP contribution in [0.25, 0.3) is 0 Å². The standard InChI is InChI=1S/C21H26N2O2/c1-4-18-10-7-8-12-20(18)23(17(3)24)14-13-21(25)22-15-19-11-6-5-9-16(19)2/h5-12H,4,13-15H2,1-3H3,(H,22,25). The number of benzene rings is 2. The number of rotatable bonds is 7. The molecule has 2 rings (SSSR count). The lowest BCUT2D eigenvalue weighted by Crippen LogP contribution is -2.34. The number of carbonyl (C=O) groups is 2. The minimum atomic E-state index is -0.0523. The first-order valence-electron chi connectivity index (χ1n) is 8.70. The third-order valence-corrected chi connectivity index (χ3v) is 4.34. The zero-order chi connectivity index (χ0) is 18.2. The minimum Gasteiger partial charge on any atom is -0.352 e. The maximum atomic E-state index is 12.2. The Kier molecular flexibility index (Phi) is 6.75. The van der Waals surface area contributed by atoms with Crippen LogP contribution in [0.2, 0.25) is 0 Å². The van der Waals surface area contributed by atoms with E-state index in [1.807, 2.05) is 55.5 Å². The maximum Gasteiger partial charge on any atom is 0.223 e. The first-order chi connectivity index (χ1) is 12.0. The lowest BCUT2D eigenvalue weighted by atomic mass is 10.1. The fraction of sp³-hybridized carbons (Fsp3) is 0.333. The van der Waals surface area contributed by atoms with Crippen molar-refractivity contribution in [3.05, 3.63) is 65.2 Å². The van der Waals surface area contributed by atoms with Crippen LogP contribution in [0.15, 0.2) is 48.5 Å². The summed E-state index contributed by atoms with van der Waals surface area (Å²) in [5, 5.41) is 2.94. The maximum absolute atomic E-state index is 12.2. The third-order valence-electron chi connectivity index (χ3n) is 4.34. The van der Waals surface area contributed by atoms with Crippen molar-refractivity contribution < 1.29 is 9.59 Å². The highest BCUT2D eigenvalue weighted by atomic mass is 16.2. The summed E-state index contributed by atoms with van der Waals surface area (Å²) >= 11 is 0. The lowest BCUT2D eigenvalue weighted by Gasteiger charge is -2.23. The molecule has 0 aliphatic carbocycles. The quantitative estimate of drug-likeness (QED) is 0.838. The summed E-state index contributed by atoms with van der Waals surface area (Å²) in [6.45, 7) is 6.52. The summed E-state index contributed by atoms with van der Waals surface area (Å²) < 4.78 is 0. The van der Waals surface area contributed by atoms with Gasteiger partial charge in [0.25, 0.3) is 0 Å². The number of aryl methyl sites for hydroxylation is 2. The van der Waals surface area contributed by atoms with Gasteiger partial charge in [0.05, 0.1) is 0 Å². The molecule has 4 nitrogen and oxygen atoms in total. The second-order valence-corrected chi connectivity index (χ2v) is 6.11. The van der Waals surface area contributed by atoms with E-state index in [0.29, 0.717) is 13.1 Å². The Bertz CT molecular complexity index is 740. The highest BCUT2D eigenvalue weighted by Gasteiger charge is 2.15. The molecule has 0 saturated carbocycles. The Labute approximate surface area is 149 Å². The van der Waals surface area contributed by atoms with Gasteiger partial charge in [0.2, 0.25) is 11.8 Å². The van der Waals surface area contributed by atoms with Gasteiger partial charge in [0.15, 0.2) is 0 Å². The van der Waals surface area contributed by atoms with Crippen LogP contribution in [0.3, 0.4) is 0 Å². The number of para-hydroxylation sites is 1. The van der Waals surface area contributed by atoms with E-state index in [4.69, 9.17) is 0 Å². The molecular weight excluding hydrogens is 312 g/mol. The van der Waals surface area contributed by atoms with Crippen LogP contribution < -0.4 is 10.2 Å². The fourth-order valence-corrected chi connectivity index (χ4v) is 2.82. The lowest BCUT2D eigenvalue weighted by molar-refractivity contribution is -0.121. The van der Waals surface area contributed by atoms with E-state index < -0.39 is 0 Å². The van der Waals surface area contributed by atoms with Gasteiger partial charge in [0, 0.05) is 32.1 Å². The molecule has 1 N–H and O–H groups in total. The molecule has 2 amide bonds. The zero-order valence-electron chi connectivity index (χ0n) is 15.2. The molecule has 0 aliphatic heterocycles. The largest absolute Gasteiger partial charge is 0.352 e. The molecule has 0 aliphatic rings. The highest BCUT2D eigenvalue weighted by molar-refractivity contribution is 5.93. The first-order valence-corrected chi connectivity index (χ1v) is 8.70. The van der Waals surface area contributed by atoms with Crippen molar-refractivity contribution in [2.45, 2.75) is 40.2 Å². The fourth-order valence-electron chi connectivity index (χ4n) is 2.82. The molecule has 2 aromatic carbocycles. The second-order valence-electron chi connectivity index (χ2n) is 6.11. The van der Waals surface area contributed by atoms with Crippen molar-refractivity contribution in [3.63, 3.8) is 0 Å². The molecule has 0 radical (unpaired) electrons. The number of hydrogen-bond acceptors (Lipinski definition) is 2. The average Bonchev–Trinajstić information content (AvgIpc) is 2.61. The van der Waals surface area contributed by atoms with Crippen molar-refractivity contribution in [1.29, 1.82) is 0 Å². The molecule has 0 atom stereocenters. The van der Waals surface area contributed by atoms with E-state index in [9.17, 15) is 9.59 Å². The molecule has 0 spiro atoms. The number of amides is 2. The summed E-state index contributed by atoms with van der Waals surface area (Å²) in [6, 6.07) is 15.8. The number of anilines is 1. The molecule has 25 heavy (non-hydrogen) atoms. The molecule has 0 aromatic heterocycles. The van der Waals surface area contributed by atoms with E-state index >= 15 is 0 Å². The van der Waals surface area contributed by atoms with Gasteiger partial charge in [-0.15, -0.1) is 0 Å². The van der Waals surface area contributed by atoms with Gasteiger partial charge >= 0.3 is 0 Å². The van der Waals surface area contributed by atoms with Gasteiger partial charge < -0.3 is 10.2 Å². The molecule has 132 valence electrons. The Morgan fingerprint density at radius 3 is 2.28 bits per heavy atom. The molecule has 4 heteroatoms. The van der Waals surface area contributed by atoms with Crippen molar-refractivity contribution in [2.24, 2.45) is 0 Å². The number of nitrogens with zero attached hydrogens (tertiary/aromatic N) is 1. The van der Waals surface area contributed by atoms with Crippen molar-refractivity contribution in [2.75, 3.05) is 11.4 Å². The van der Waals surface area contributed by atoms with Crippen LogP contribution in [0.4, 0.5) is 5.69 Å². The van der Waals surface area contributed by atoms with Gasteiger partial charge in [-0.05, 0) is 36.1 Å². The SMILES string of the molecule is CCc1ccccc1N(CCC(=O)NCc1ccccc1C)C(C)=O. The predicted octanol–water partition coefficient (Wildman–Crippen LogP) is 3.62. The number of nitrogens with one attached hydrogen (secondary N) is 1. The van der Waals surface area contributed by atoms with E-state index in [2.05, 4.69) is 12.2 Å². The summed E-state index contributed by atoms with van der Waals surface area (Å²) in [5.74, 6) is -0.101. The van der Waals surface area contributed by atoms with Crippen LogP contribution in [0.1, 0.15) is 37.0 Å². The number of carbonyl (C=O) groups excluding carboxylic acids is 2. The van der Waals surface area contributed by atoms with Gasteiger partial charge in [0.1, 0.15) is 0 Å². The van der Waals surface area contributed by atoms with Gasteiger partial charge in [-0.2, -0.15) is 0 Å². The Morgan fingerprint density at radius 2 is 1.64 bits per heavy atom. The summed E-state index contributed by atoms with van der Waals surface area (Å²) in [7, 11) is 0. The van der Waals surface area contributed by atoms with E-state index in [1.165, 1.54) is 6.92 Å². The average molecular weight is 338 g/mol. The van der Waals surface area contributed by atoms with Crippen LogP contribution in [0.5, 0.6) is 0 Å². The summed E-state index contributed by atoms with van der Waals surface area (Å²) in [6.07, 6.45) is 1.13. The molecule has 0 unspecified atom stereocenters. The molecule has 0 bridgehead atoms. The minimum absolute atomic E-state index is 0.0485. The van der Waals surface area contributed by atoms with Gasteiger partial charge in [-0.1, -0.05) is 49.4 Å². The second kappa shape index (κ2) is 9.02. The summed E-state index contributed by atoms with van der Waals surface area (Å²) in [4.78, 5) is 25.9. The Balaban J connectivity index is 1.96. The van der Waals surface area contributed by atoms with Crippen LogP contribution in [-0.2, 0) is 22.6 Å². The Hall–Kier alpha value is -2.62. The number of hydrogen-bond donors (Lipinski definition) is 1. The normalized spacial score (nSPS) is 10.4. The molecule has 2 aromatic rings. The third kappa shape index (κ3) is 5.18. The topological polar surface area (TPSA) is 49.4 Å².